The molecule has 0 saturated heterocycles. The molecule has 1 aromatic carbocycles. The van der Waals surface area contributed by atoms with E-state index >= 15 is 0 Å². The van der Waals surface area contributed by atoms with E-state index in [-0.39, 0.29) is 5.82 Å². The van der Waals surface area contributed by atoms with Crippen LogP contribution in [0.5, 0.6) is 11.5 Å². The van der Waals surface area contributed by atoms with Gasteiger partial charge in [0.05, 0.1) is 0 Å². The standard InChI is InChI=1S/C14H13N3O5/c1-8-6-12(17-22-8)16-14(19)13(18)15-9-2-3-10-11(7-9)21-5-4-20-10/h2-3,6-7H,4-5H2,1H3,(H,15,18)(H,16,17,19). The maximum absolute atomic E-state index is 11.8. The average molecular weight is 303 g/mol. The topological polar surface area (TPSA) is 103 Å². The van der Waals surface area contributed by atoms with Crippen molar-refractivity contribution >= 4 is 23.3 Å². The van der Waals surface area contributed by atoms with Crippen LogP contribution in [0.25, 0.3) is 0 Å². The van der Waals surface area contributed by atoms with E-state index in [0.29, 0.717) is 36.2 Å². The van der Waals surface area contributed by atoms with Crippen LogP contribution in [0.15, 0.2) is 28.8 Å². The first-order chi connectivity index (χ1) is 10.6. The number of hydrogen-bond donors (Lipinski definition) is 2. The van der Waals surface area contributed by atoms with E-state index in [1.807, 2.05) is 0 Å². The van der Waals surface area contributed by atoms with Gasteiger partial charge in [-0.25, -0.2) is 0 Å². The third-order valence-corrected chi connectivity index (χ3v) is 2.88. The van der Waals surface area contributed by atoms with Crippen molar-refractivity contribution in [1.82, 2.24) is 5.16 Å². The molecule has 0 fully saturated rings. The van der Waals surface area contributed by atoms with Gasteiger partial charge in [-0.15, -0.1) is 0 Å². The molecule has 8 heteroatoms. The Morgan fingerprint density at radius 2 is 1.77 bits per heavy atom. The minimum absolute atomic E-state index is 0.180. The number of hydrogen-bond acceptors (Lipinski definition) is 6. The van der Waals surface area contributed by atoms with Crippen molar-refractivity contribution in [2.45, 2.75) is 6.92 Å². The Labute approximate surface area is 125 Å². The second-order valence-electron chi connectivity index (χ2n) is 4.59. The number of fused-ring (bicyclic) bond motifs is 1. The molecule has 3 rings (SSSR count). The summed E-state index contributed by atoms with van der Waals surface area (Å²) in [4.78, 5) is 23.6. The predicted octanol–water partition coefficient (Wildman–Crippen LogP) is 1.33. The summed E-state index contributed by atoms with van der Waals surface area (Å²) in [7, 11) is 0. The minimum Gasteiger partial charge on any atom is -0.486 e. The van der Waals surface area contributed by atoms with Gasteiger partial charge in [-0.3, -0.25) is 14.9 Å². The molecule has 2 heterocycles. The maximum atomic E-state index is 11.8. The van der Waals surface area contributed by atoms with Gasteiger partial charge in [-0.1, -0.05) is 5.16 Å². The monoisotopic (exact) mass is 303 g/mol. The summed E-state index contributed by atoms with van der Waals surface area (Å²) in [5.74, 6) is 0.172. The summed E-state index contributed by atoms with van der Waals surface area (Å²) in [5, 5.41) is 8.39. The molecule has 8 nitrogen and oxygen atoms in total. The highest BCUT2D eigenvalue weighted by Gasteiger charge is 2.17. The lowest BCUT2D eigenvalue weighted by Gasteiger charge is -2.18. The fraction of sp³-hybridized carbons (Fsp3) is 0.214. The molecule has 0 spiro atoms. The Hall–Kier alpha value is -3.03. The number of aryl methyl sites for hydroxylation is 1. The number of ether oxygens (including phenoxy) is 2. The first-order valence-electron chi connectivity index (χ1n) is 6.57. The van der Waals surface area contributed by atoms with E-state index in [1.54, 1.807) is 25.1 Å². The number of rotatable bonds is 2. The Bertz CT molecular complexity index is 725. The highest BCUT2D eigenvalue weighted by molar-refractivity contribution is 6.43. The van der Waals surface area contributed by atoms with Gasteiger partial charge in [0.2, 0.25) is 0 Å². The van der Waals surface area contributed by atoms with E-state index in [9.17, 15) is 9.59 Å². The van der Waals surface area contributed by atoms with Crippen LogP contribution in [0, 0.1) is 6.92 Å². The van der Waals surface area contributed by atoms with Gasteiger partial charge in [0.15, 0.2) is 17.3 Å². The van der Waals surface area contributed by atoms with Crippen molar-refractivity contribution in [2.24, 2.45) is 0 Å². The fourth-order valence-electron chi connectivity index (χ4n) is 1.91. The van der Waals surface area contributed by atoms with Crippen LogP contribution >= 0.6 is 0 Å². The number of nitrogens with one attached hydrogen (secondary N) is 2. The third kappa shape index (κ3) is 3.00. The van der Waals surface area contributed by atoms with Gasteiger partial charge in [0.1, 0.15) is 19.0 Å². The Kier molecular flexibility index (Phi) is 3.65. The van der Waals surface area contributed by atoms with Crippen LogP contribution in [0.4, 0.5) is 11.5 Å². The minimum atomic E-state index is -0.844. The van der Waals surface area contributed by atoms with E-state index in [0.717, 1.165) is 0 Å². The third-order valence-electron chi connectivity index (χ3n) is 2.88. The molecule has 0 unspecified atom stereocenters. The summed E-state index contributed by atoms with van der Waals surface area (Å²) in [5.41, 5.74) is 0.431. The Morgan fingerprint density at radius 1 is 1.05 bits per heavy atom. The van der Waals surface area contributed by atoms with Crippen molar-refractivity contribution in [3.05, 3.63) is 30.0 Å². The Balaban J connectivity index is 1.64. The molecule has 0 aliphatic carbocycles. The van der Waals surface area contributed by atoms with Crippen molar-refractivity contribution in [1.29, 1.82) is 0 Å². The lowest BCUT2D eigenvalue weighted by molar-refractivity contribution is -0.133. The van der Waals surface area contributed by atoms with Crippen LogP contribution < -0.4 is 20.1 Å². The molecule has 114 valence electrons. The van der Waals surface area contributed by atoms with Crippen LogP contribution in [0.2, 0.25) is 0 Å². The molecular weight excluding hydrogens is 290 g/mol. The lowest BCUT2D eigenvalue weighted by atomic mass is 10.2. The number of carbonyl (C=O) groups is 2. The Morgan fingerprint density at radius 3 is 2.50 bits per heavy atom. The molecule has 22 heavy (non-hydrogen) atoms. The van der Waals surface area contributed by atoms with Crippen molar-refractivity contribution < 1.29 is 23.6 Å². The summed E-state index contributed by atoms with van der Waals surface area (Å²) in [6, 6.07) is 6.40. The van der Waals surface area contributed by atoms with Gasteiger partial charge >= 0.3 is 11.8 Å². The number of amides is 2. The van der Waals surface area contributed by atoms with Gasteiger partial charge in [-0.2, -0.15) is 0 Å². The van der Waals surface area contributed by atoms with Gasteiger partial charge < -0.3 is 19.3 Å². The second kappa shape index (κ2) is 5.76. The number of anilines is 2. The van der Waals surface area contributed by atoms with E-state index in [2.05, 4.69) is 15.8 Å². The molecule has 1 aliphatic heterocycles. The largest absolute Gasteiger partial charge is 0.486 e. The SMILES string of the molecule is Cc1cc(NC(=O)C(=O)Nc2ccc3c(c2)OCCO3)no1. The van der Waals surface area contributed by atoms with Crippen molar-refractivity contribution in [2.75, 3.05) is 23.8 Å². The summed E-state index contributed by atoms with van der Waals surface area (Å²) < 4.78 is 15.6. The maximum Gasteiger partial charge on any atom is 0.315 e. The molecule has 0 radical (unpaired) electrons. The van der Waals surface area contributed by atoms with Gasteiger partial charge in [-0.05, 0) is 19.1 Å². The lowest BCUT2D eigenvalue weighted by Crippen LogP contribution is -2.29. The quantitative estimate of drug-likeness (QED) is 0.811. The number of benzene rings is 1. The summed E-state index contributed by atoms with van der Waals surface area (Å²) >= 11 is 0. The molecular formula is C14H13N3O5. The van der Waals surface area contributed by atoms with E-state index in [4.69, 9.17) is 14.0 Å². The molecule has 2 N–H and O–H groups in total. The highest BCUT2D eigenvalue weighted by atomic mass is 16.6. The molecule has 1 aliphatic rings. The normalized spacial score (nSPS) is 12.6. The van der Waals surface area contributed by atoms with Crippen molar-refractivity contribution in [3.8, 4) is 11.5 Å². The van der Waals surface area contributed by atoms with Crippen LogP contribution in [-0.4, -0.2) is 30.2 Å². The molecule has 0 bridgehead atoms. The van der Waals surface area contributed by atoms with Crippen LogP contribution in [-0.2, 0) is 9.59 Å². The highest BCUT2D eigenvalue weighted by Crippen LogP contribution is 2.32. The zero-order valence-corrected chi connectivity index (χ0v) is 11.7. The van der Waals surface area contributed by atoms with Crippen molar-refractivity contribution in [3.63, 3.8) is 0 Å². The molecule has 0 saturated carbocycles. The zero-order valence-electron chi connectivity index (χ0n) is 11.7. The number of nitrogens with zero attached hydrogens (tertiary/aromatic N) is 1. The van der Waals surface area contributed by atoms with Gasteiger partial charge in [0, 0.05) is 17.8 Å². The van der Waals surface area contributed by atoms with E-state index < -0.39 is 11.8 Å². The smallest absolute Gasteiger partial charge is 0.315 e. The van der Waals surface area contributed by atoms with Gasteiger partial charge in [0.25, 0.3) is 0 Å². The summed E-state index contributed by atoms with van der Waals surface area (Å²) in [6.45, 7) is 2.60. The molecule has 1 aromatic heterocycles. The first kappa shape index (κ1) is 13.9. The number of aromatic nitrogens is 1. The van der Waals surface area contributed by atoms with E-state index in [1.165, 1.54) is 6.07 Å². The molecule has 2 aromatic rings. The molecule has 2 amide bonds. The average Bonchev–Trinajstić information content (AvgIpc) is 2.92. The first-order valence-corrected chi connectivity index (χ1v) is 6.57. The zero-order chi connectivity index (χ0) is 15.5. The predicted molar refractivity (Wildman–Crippen MR) is 75.9 cm³/mol. The molecule has 0 atom stereocenters. The van der Waals surface area contributed by atoms with Crippen LogP contribution in [0.3, 0.4) is 0 Å². The number of carbonyl (C=O) groups excluding carboxylic acids is 2. The van der Waals surface area contributed by atoms with Crippen LogP contribution in [0.1, 0.15) is 5.76 Å². The fourth-order valence-corrected chi connectivity index (χ4v) is 1.91. The second-order valence-corrected chi connectivity index (χ2v) is 4.59. The summed E-state index contributed by atoms with van der Waals surface area (Å²) in [6.07, 6.45) is 0.